The minimum absolute atomic E-state index is 0.0697. The van der Waals surface area contributed by atoms with Crippen molar-refractivity contribution in [3.05, 3.63) is 59.9 Å². The number of allylic oxidation sites excluding steroid dienone is 2. The molecule has 2 aromatic rings. The van der Waals surface area contributed by atoms with Crippen LogP contribution in [0.5, 0.6) is 5.75 Å². The van der Waals surface area contributed by atoms with Crippen molar-refractivity contribution in [3.63, 3.8) is 0 Å². The first kappa shape index (κ1) is 16.1. The maximum Gasteiger partial charge on any atom is 0.201 e. The summed E-state index contributed by atoms with van der Waals surface area (Å²) in [6.07, 6.45) is 7.37. The first-order chi connectivity index (χ1) is 10.7. The largest absolute Gasteiger partial charge is 0.491 e. The van der Waals surface area contributed by atoms with Crippen molar-refractivity contribution in [2.45, 2.75) is 26.7 Å². The van der Waals surface area contributed by atoms with E-state index in [0.29, 0.717) is 5.56 Å². The zero-order valence-electron chi connectivity index (χ0n) is 12.8. The topological polar surface area (TPSA) is 22.1 Å². The quantitative estimate of drug-likeness (QED) is 0.706. The summed E-state index contributed by atoms with van der Waals surface area (Å²) in [5, 5.41) is 0. The van der Waals surface area contributed by atoms with Gasteiger partial charge in [0.1, 0.15) is 0 Å². The summed E-state index contributed by atoms with van der Waals surface area (Å²) in [5.41, 5.74) is 1.66. The first-order valence-electron chi connectivity index (χ1n) is 7.34. The number of hydrogen-bond donors (Lipinski definition) is 0. The molecule has 1 aromatic carbocycles. The van der Waals surface area contributed by atoms with Crippen molar-refractivity contribution in [1.29, 1.82) is 0 Å². The van der Waals surface area contributed by atoms with E-state index in [1.807, 2.05) is 19.1 Å². The summed E-state index contributed by atoms with van der Waals surface area (Å²) >= 11 is 0. The molecule has 2 nitrogen and oxygen atoms in total. The monoisotopic (exact) mass is 303 g/mol. The van der Waals surface area contributed by atoms with Crippen LogP contribution in [-0.2, 0) is 6.42 Å². The van der Waals surface area contributed by atoms with E-state index in [2.05, 4.69) is 11.1 Å². The molecule has 0 saturated heterocycles. The summed E-state index contributed by atoms with van der Waals surface area (Å²) in [5.74, 6) is -1.94. The molecule has 0 radical (unpaired) electrons. The van der Waals surface area contributed by atoms with Crippen molar-refractivity contribution in [2.24, 2.45) is 0 Å². The van der Waals surface area contributed by atoms with E-state index in [1.165, 1.54) is 12.1 Å². The maximum absolute atomic E-state index is 14.1. The zero-order chi connectivity index (χ0) is 15.9. The highest BCUT2D eigenvalue weighted by Gasteiger charge is 2.15. The molecule has 0 amide bonds. The van der Waals surface area contributed by atoms with Gasteiger partial charge in [0.05, 0.1) is 6.61 Å². The van der Waals surface area contributed by atoms with Crippen LogP contribution in [0, 0.1) is 11.6 Å². The van der Waals surface area contributed by atoms with E-state index in [-0.39, 0.29) is 17.9 Å². The highest BCUT2D eigenvalue weighted by Crippen LogP contribution is 2.29. The number of aromatic nitrogens is 1. The molecule has 0 fully saturated rings. The van der Waals surface area contributed by atoms with Crippen molar-refractivity contribution >= 4 is 0 Å². The molecule has 1 aromatic heterocycles. The van der Waals surface area contributed by atoms with Gasteiger partial charge in [0.15, 0.2) is 11.6 Å². The fourth-order valence-corrected chi connectivity index (χ4v) is 2.15. The predicted molar refractivity (Wildman–Crippen MR) is 83.9 cm³/mol. The van der Waals surface area contributed by atoms with Crippen LogP contribution in [-0.4, -0.2) is 11.6 Å². The van der Waals surface area contributed by atoms with Crippen LogP contribution in [0.15, 0.2) is 42.6 Å². The Labute approximate surface area is 129 Å². The number of nitrogens with zero attached hydrogens (tertiary/aromatic N) is 1. The minimum Gasteiger partial charge on any atom is -0.491 e. The molecule has 0 aliphatic heterocycles. The van der Waals surface area contributed by atoms with Gasteiger partial charge in [-0.1, -0.05) is 18.2 Å². The Bertz CT molecular complexity index is 651. The van der Waals surface area contributed by atoms with Gasteiger partial charge in [-0.2, -0.15) is 4.39 Å². The average molecular weight is 303 g/mol. The molecule has 1 heterocycles. The summed E-state index contributed by atoms with van der Waals surface area (Å²) in [4.78, 5) is 4.30. The maximum atomic E-state index is 14.1. The predicted octanol–water partition coefficient (Wildman–Crippen LogP) is 4.93. The Hall–Kier alpha value is -2.23. The second kappa shape index (κ2) is 7.69. The van der Waals surface area contributed by atoms with Gasteiger partial charge < -0.3 is 4.74 Å². The number of halogens is 2. The number of aryl methyl sites for hydroxylation is 1. The van der Waals surface area contributed by atoms with Gasteiger partial charge in [-0.05, 0) is 44.9 Å². The van der Waals surface area contributed by atoms with Crippen LogP contribution in [0.25, 0.3) is 11.1 Å². The van der Waals surface area contributed by atoms with Gasteiger partial charge in [0.25, 0.3) is 0 Å². The molecule has 0 aliphatic rings. The molecule has 0 unspecified atom stereocenters. The van der Waals surface area contributed by atoms with Gasteiger partial charge in [-0.25, -0.2) is 4.39 Å². The summed E-state index contributed by atoms with van der Waals surface area (Å²) < 4.78 is 33.1. The number of pyridine rings is 1. The van der Waals surface area contributed by atoms with Gasteiger partial charge in [-0.15, -0.1) is 0 Å². The molecule has 116 valence electrons. The molecule has 0 N–H and O–H groups in total. The molecule has 0 atom stereocenters. The van der Waals surface area contributed by atoms with Crippen LogP contribution in [0.2, 0.25) is 0 Å². The van der Waals surface area contributed by atoms with Gasteiger partial charge in [0.2, 0.25) is 5.82 Å². The highest BCUT2D eigenvalue weighted by atomic mass is 19.2. The second-order valence-electron chi connectivity index (χ2n) is 4.82. The number of hydrogen-bond acceptors (Lipinski definition) is 2. The third-order valence-electron chi connectivity index (χ3n) is 3.29. The third-order valence-corrected chi connectivity index (χ3v) is 3.29. The minimum atomic E-state index is -0.962. The number of ether oxygens (including phenoxy) is 1. The lowest BCUT2D eigenvalue weighted by Crippen LogP contribution is -1.99. The Kier molecular flexibility index (Phi) is 5.64. The Morgan fingerprint density at radius 1 is 1.14 bits per heavy atom. The fraction of sp³-hybridized carbons (Fsp3) is 0.278. The molecule has 0 spiro atoms. The van der Waals surface area contributed by atoms with E-state index < -0.39 is 11.6 Å². The smallest absolute Gasteiger partial charge is 0.201 e. The van der Waals surface area contributed by atoms with E-state index in [9.17, 15) is 8.78 Å². The highest BCUT2D eigenvalue weighted by molar-refractivity contribution is 5.64. The van der Waals surface area contributed by atoms with Crippen LogP contribution >= 0.6 is 0 Å². The van der Waals surface area contributed by atoms with Crippen molar-refractivity contribution in [3.8, 4) is 16.9 Å². The van der Waals surface area contributed by atoms with Crippen LogP contribution in [0.4, 0.5) is 8.78 Å². The molecule has 0 bridgehead atoms. The molecule has 2 rings (SSSR count). The SMILES string of the molecule is C/C=C/CCc1ccc(-c2ccc(OCC)c(F)c2F)cn1. The summed E-state index contributed by atoms with van der Waals surface area (Å²) in [6.45, 7) is 3.99. The normalized spacial score (nSPS) is 11.1. The first-order valence-corrected chi connectivity index (χ1v) is 7.34. The molecule has 22 heavy (non-hydrogen) atoms. The van der Waals surface area contributed by atoms with Crippen LogP contribution in [0.3, 0.4) is 0 Å². The van der Waals surface area contributed by atoms with Crippen LogP contribution in [0.1, 0.15) is 26.0 Å². The number of rotatable bonds is 6. The second-order valence-corrected chi connectivity index (χ2v) is 4.82. The Morgan fingerprint density at radius 2 is 1.95 bits per heavy atom. The van der Waals surface area contributed by atoms with Crippen molar-refractivity contribution in [2.75, 3.05) is 6.61 Å². The van der Waals surface area contributed by atoms with Crippen molar-refractivity contribution < 1.29 is 13.5 Å². The molecule has 0 aliphatic carbocycles. The van der Waals surface area contributed by atoms with Gasteiger partial charge >= 0.3 is 0 Å². The average Bonchev–Trinajstić information content (AvgIpc) is 2.53. The van der Waals surface area contributed by atoms with E-state index >= 15 is 0 Å². The molecule has 0 saturated carbocycles. The molecular weight excluding hydrogens is 284 g/mol. The third kappa shape index (κ3) is 3.70. The lowest BCUT2D eigenvalue weighted by molar-refractivity contribution is 0.314. The van der Waals surface area contributed by atoms with E-state index in [1.54, 1.807) is 19.2 Å². The number of benzene rings is 1. The Morgan fingerprint density at radius 3 is 2.59 bits per heavy atom. The van der Waals surface area contributed by atoms with E-state index in [0.717, 1.165) is 18.5 Å². The van der Waals surface area contributed by atoms with Gasteiger partial charge in [-0.3, -0.25) is 4.98 Å². The fourth-order valence-electron chi connectivity index (χ4n) is 2.15. The molecule has 4 heteroatoms. The zero-order valence-corrected chi connectivity index (χ0v) is 12.8. The molecular formula is C18H19F2NO. The summed E-state index contributed by atoms with van der Waals surface area (Å²) in [7, 11) is 0. The standard InChI is InChI=1S/C18H19F2NO/c1-3-5-6-7-14-9-8-13(12-21-14)15-10-11-16(22-4-2)18(20)17(15)19/h3,5,8-12H,4,6-7H2,1-2H3/b5-3+. The van der Waals surface area contributed by atoms with Gasteiger partial charge in [0, 0.05) is 23.0 Å². The van der Waals surface area contributed by atoms with E-state index in [4.69, 9.17) is 4.74 Å². The lowest BCUT2D eigenvalue weighted by Gasteiger charge is -2.09. The van der Waals surface area contributed by atoms with Crippen molar-refractivity contribution in [1.82, 2.24) is 4.98 Å². The lowest BCUT2D eigenvalue weighted by atomic mass is 10.1. The Balaban J connectivity index is 2.23. The summed E-state index contributed by atoms with van der Waals surface area (Å²) in [6, 6.07) is 6.56. The van der Waals surface area contributed by atoms with Crippen LogP contribution < -0.4 is 4.74 Å².